The Kier molecular flexibility index (Phi) is 7.87. The molecule has 0 spiro atoms. The number of halogens is 1. The van der Waals surface area contributed by atoms with Crippen molar-refractivity contribution >= 4 is 18.0 Å². The molecule has 0 heterocycles. The van der Waals surface area contributed by atoms with E-state index in [1.54, 1.807) is 43.3 Å². The molecule has 0 radical (unpaired) electrons. The lowest BCUT2D eigenvalue weighted by Gasteiger charge is -2.27. The van der Waals surface area contributed by atoms with E-state index in [9.17, 15) is 14.0 Å². The molecule has 32 heavy (non-hydrogen) atoms. The molecule has 0 unspecified atom stereocenters. The third kappa shape index (κ3) is 5.87. The summed E-state index contributed by atoms with van der Waals surface area (Å²) in [5.74, 6) is 0.0193. The van der Waals surface area contributed by atoms with Crippen LogP contribution in [-0.2, 0) is 20.9 Å². The molecule has 1 fully saturated rings. The fourth-order valence-electron chi connectivity index (χ4n) is 3.73. The van der Waals surface area contributed by atoms with Crippen LogP contribution in [0.5, 0.6) is 11.5 Å². The summed E-state index contributed by atoms with van der Waals surface area (Å²) in [5.41, 5.74) is 0.631. The van der Waals surface area contributed by atoms with Crippen LogP contribution in [0, 0.1) is 5.82 Å². The van der Waals surface area contributed by atoms with E-state index < -0.39 is 5.54 Å². The van der Waals surface area contributed by atoms with Crippen molar-refractivity contribution in [2.75, 3.05) is 13.7 Å². The smallest absolute Gasteiger partial charge is 0.331 e. The largest absolute Gasteiger partial charge is 0.493 e. The average molecular weight is 441 g/mol. The topological polar surface area (TPSA) is 73.9 Å². The summed E-state index contributed by atoms with van der Waals surface area (Å²) in [6, 6.07) is 11.4. The number of methoxy groups -OCH3 is 1. The Balaban J connectivity index is 1.64. The zero-order valence-electron chi connectivity index (χ0n) is 18.4. The summed E-state index contributed by atoms with van der Waals surface area (Å²) < 4.78 is 29.4. The van der Waals surface area contributed by atoms with E-state index in [0.29, 0.717) is 24.3 Å². The highest BCUT2D eigenvalue weighted by Crippen LogP contribution is 2.31. The van der Waals surface area contributed by atoms with Crippen LogP contribution in [0.1, 0.15) is 43.7 Å². The normalized spacial score (nSPS) is 14.8. The first kappa shape index (κ1) is 23.3. The first-order valence-corrected chi connectivity index (χ1v) is 10.7. The number of benzene rings is 2. The number of hydrogen-bond acceptors (Lipinski definition) is 5. The van der Waals surface area contributed by atoms with Crippen molar-refractivity contribution in [1.82, 2.24) is 5.32 Å². The van der Waals surface area contributed by atoms with Crippen molar-refractivity contribution in [3.8, 4) is 11.5 Å². The highest BCUT2D eigenvalue weighted by atomic mass is 19.1. The lowest BCUT2D eigenvalue weighted by atomic mass is 9.97. The number of rotatable bonds is 9. The van der Waals surface area contributed by atoms with Gasteiger partial charge in [0.2, 0.25) is 5.91 Å². The van der Waals surface area contributed by atoms with Crippen LogP contribution in [0.2, 0.25) is 0 Å². The number of esters is 1. The molecular formula is C25H28FNO5. The average Bonchev–Trinajstić information content (AvgIpc) is 3.27. The molecule has 1 aliphatic carbocycles. The highest BCUT2D eigenvalue weighted by Gasteiger charge is 2.43. The van der Waals surface area contributed by atoms with Crippen LogP contribution < -0.4 is 14.8 Å². The molecule has 1 amide bonds. The fourth-order valence-corrected chi connectivity index (χ4v) is 3.73. The number of amides is 1. The van der Waals surface area contributed by atoms with Gasteiger partial charge in [-0.1, -0.05) is 31.0 Å². The van der Waals surface area contributed by atoms with Gasteiger partial charge in [0.1, 0.15) is 18.0 Å². The zero-order valence-corrected chi connectivity index (χ0v) is 18.4. The van der Waals surface area contributed by atoms with Crippen LogP contribution in [0.3, 0.4) is 0 Å². The fraction of sp³-hybridized carbons (Fsp3) is 0.360. The van der Waals surface area contributed by atoms with Crippen LogP contribution in [0.4, 0.5) is 4.39 Å². The Morgan fingerprint density at radius 3 is 2.47 bits per heavy atom. The van der Waals surface area contributed by atoms with Gasteiger partial charge in [-0.05, 0) is 61.2 Å². The Labute approximate surface area is 187 Å². The van der Waals surface area contributed by atoms with Gasteiger partial charge in [0.15, 0.2) is 11.5 Å². The van der Waals surface area contributed by atoms with Crippen molar-refractivity contribution in [3.05, 3.63) is 65.5 Å². The summed E-state index contributed by atoms with van der Waals surface area (Å²) in [4.78, 5) is 24.9. The first-order valence-electron chi connectivity index (χ1n) is 10.7. The molecule has 7 heteroatoms. The highest BCUT2D eigenvalue weighted by molar-refractivity contribution is 5.96. The van der Waals surface area contributed by atoms with Crippen LogP contribution in [-0.4, -0.2) is 31.1 Å². The molecule has 2 aromatic carbocycles. The van der Waals surface area contributed by atoms with Gasteiger partial charge < -0.3 is 19.5 Å². The van der Waals surface area contributed by atoms with E-state index in [0.717, 1.165) is 24.0 Å². The second-order valence-corrected chi connectivity index (χ2v) is 7.66. The van der Waals surface area contributed by atoms with E-state index in [1.807, 2.05) is 0 Å². The molecule has 0 bridgehead atoms. The number of carbonyl (C=O) groups excluding carboxylic acids is 2. The molecule has 0 aromatic heterocycles. The zero-order chi connectivity index (χ0) is 23.0. The van der Waals surface area contributed by atoms with Crippen molar-refractivity contribution in [3.63, 3.8) is 0 Å². The molecule has 1 saturated carbocycles. The molecule has 3 rings (SSSR count). The molecule has 0 atom stereocenters. The monoisotopic (exact) mass is 441 g/mol. The maximum absolute atomic E-state index is 13.0. The van der Waals surface area contributed by atoms with Crippen molar-refractivity contribution < 1.29 is 28.2 Å². The SMILES string of the molecule is CCOC(=O)C1(NC(=O)/C=C/c2ccc(OCc3ccc(F)cc3)c(OC)c2)CCCC1. The van der Waals surface area contributed by atoms with Gasteiger partial charge in [-0.15, -0.1) is 0 Å². The number of hydrogen-bond donors (Lipinski definition) is 1. The summed E-state index contributed by atoms with van der Waals surface area (Å²) in [7, 11) is 1.53. The van der Waals surface area contributed by atoms with Gasteiger partial charge in [0, 0.05) is 6.08 Å². The predicted molar refractivity (Wildman–Crippen MR) is 119 cm³/mol. The van der Waals surface area contributed by atoms with Gasteiger partial charge in [-0.3, -0.25) is 4.79 Å². The summed E-state index contributed by atoms with van der Waals surface area (Å²) >= 11 is 0. The van der Waals surface area contributed by atoms with Gasteiger partial charge in [0.05, 0.1) is 13.7 Å². The van der Waals surface area contributed by atoms with Crippen LogP contribution in [0.25, 0.3) is 6.08 Å². The number of carbonyl (C=O) groups is 2. The summed E-state index contributed by atoms with van der Waals surface area (Å²) in [5, 5.41) is 2.85. The number of nitrogens with one attached hydrogen (secondary N) is 1. The lowest BCUT2D eigenvalue weighted by Crippen LogP contribution is -2.52. The maximum atomic E-state index is 13.0. The van der Waals surface area contributed by atoms with Crippen molar-refractivity contribution in [1.29, 1.82) is 0 Å². The molecule has 170 valence electrons. The molecule has 1 aliphatic rings. The summed E-state index contributed by atoms with van der Waals surface area (Å²) in [6.07, 6.45) is 5.96. The molecule has 6 nitrogen and oxygen atoms in total. The molecule has 0 saturated heterocycles. The van der Waals surface area contributed by atoms with Gasteiger partial charge in [-0.25, -0.2) is 9.18 Å². The molecular weight excluding hydrogens is 413 g/mol. The second-order valence-electron chi connectivity index (χ2n) is 7.66. The van der Waals surface area contributed by atoms with E-state index >= 15 is 0 Å². The van der Waals surface area contributed by atoms with E-state index in [2.05, 4.69) is 5.32 Å². The number of ether oxygens (including phenoxy) is 3. The van der Waals surface area contributed by atoms with Crippen LogP contribution >= 0.6 is 0 Å². The maximum Gasteiger partial charge on any atom is 0.331 e. The third-order valence-corrected chi connectivity index (χ3v) is 5.41. The van der Waals surface area contributed by atoms with Crippen LogP contribution in [0.15, 0.2) is 48.5 Å². The molecule has 1 N–H and O–H groups in total. The predicted octanol–water partition coefficient (Wildman–Crippen LogP) is 4.42. The third-order valence-electron chi connectivity index (χ3n) is 5.41. The van der Waals surface area contributed by atoms with E-state index in [-0.39, 0.29) is 30.9 Å². The Morgan fingerprint density at radius 1 is 1.09 bits per heavy atom. The minimum atomic E-state index is -0.937. The summed E-state index contributed by atoms with van der Waals surface area (Å²) in [6.45, 7) is 2.30. The van der Waals surface area contributed by atoms with Gasteiger partial charge >= 0.3 is 5.97 Å². The molecule has 0 aliphatic heterocycles. The van der Waals surface area contributed by atoms with Gasteiger partial charge in [0.25, 0.3) is 0 Å². The Bertz CT molecular complexity index is 965. The van der Waals surface area contributed by atoms with Crippen molar-refractivity contribution in [2.45, 2.75) is 44.8 Å². The Hall–Kier alpha value is -3.35. The minimum absolute atomic E-state index is 0.268. The molecule has 2 aromatic rings. The minimum Gasteiger partial charge on any atom is -0.493 e. The second kappa shape index (κ2) is 10.8. The first-order chi connectivity index (χ1) is 15.5. The van der Waals surface area contributed by atoms with E-state index in [4.69, 9.17) is 14.2 Å². The lowest BCUT2D eigenvalue weighted by molar-refractivity contribution is -0.152. The van der Waals surface area contributed by atoms with Crippen molar-refractivity contribution in [2.24, 2.45) is 0 Å². The quantitative estimate of drug-likeness (QED) is 0.461. The Morgan fingerprint density at radius 2 is 1.81 bits per heavy atom. The van der Waals surface area contributed by atoms with Gasteiger partial charge in [-0.2, -0.15) is 0 Å². The standard InChI is InChI=1S/C25H28FNO5/c1-3-31-24(29)25(14-4-5-15-25)27-23(28)13-9-18-8-12-21(22(16-18)30-2)32-17-19-6-10-20(26)11-7-19/h6-13,16H,3-5,14-15,17H2,1-2H3,(H,27,28)/b13-9+. The van der Waals surface area contributed by atoms with E-state index in [1.165, 1.54) is 25.3 Å².